The van der Waals surface area contributed by atoms with Crippen LogP contribution in [0.15, 0.2) is 60.7 Å². The quantitative estimate of drug-likeness (QED) is 0.618. The van der Waals surface area contributed by atoms with Crippen molar-refractivity contribution in [3.63, 3.8) is 0 Å². The molecular weight excluding hydrogens is 430 g/mol. The Morgan fingerprint density at radius 2 is 1.52 bits per heavy atom. The first kappa shape index (κ1) is 22.3. The molecule has 1 aliphatic rings. The second kappa shape index (κ2) is 8.90. The molecule has 1 heterocycles. The minimum Gasteiger partial charge on any atom is -0.493 e. The Morgan fingerprint density at radius 3 is 2.15 bits per heavy atom. The Morgan fingerprint density at radius 1 is 0.909 bits per heavy atom. The molecule has 3 aromatic carbocycles. The molecule has 0 spiro atoms. The first-order chi connectivity index (χ1) is 15.9. The van der Waals surface area contributed by atoms with Crippen LogP contribution in [0.5, 0.6) is 11.5 Å². The summed E-state index contributed by atoms with van der Waals surface area (Å²) in [7, 11) is 4.37. The van der Waals surface area contributed by atoms with Gasteiger partial charge in [-0.2, -0.15) is 0 Å². The maximum absolute atomic E-state index is 14.9. The maximum Gasteiger partial charge on any atom is 0.254 e. The van der Waals surface area contributed by atoms with Gasteiger partial charge in [-0.1, -0.05) is 30.3 Å². The lowest BCUT2D eigenvalue weighted by atomic mass is 9.79. The molecule has 0 unspecified atom stereocenters. The van der Waals surface area contributed by atoms with Gasteiger partial charge < -0.3 is 19.7 Å². The Hall–Kier alpha value is -3.94. The molecular formula is C25H22F2N2O4. The van der Waals surface area contributed by atoms with Crippen molar-refractivity contribution in [3.05, 3.63) is 89.0 Å². The van der Waals surface area contributed by atoms with E-state index in [1.807, 2.05) is 0 Å². The fourth-order valence-corrected chi connectivity index (χ4v) is 4.21. The summed E-state index contributed by atoms with van der Waals surface area (Å²) < 4.78 is 39.8. The van der Waals surface area contributed by atoms with Gasteiger partial charge in [0.25, 0.3) is 5.91 Å². The van der Waals surface area contributed by atoms with E-state index in [4.69, 9.17) is 9.47 Å². The number of anilines is 1. The van der Waals surface area contributed by atoms with Crippen LogP contribution < -0.4 is 14.8 Å². The number of carbonyl (C=O) groups excluding carboxylic acids is 2. The number of carbonyl (C=O) groups is 2. The highest BCUT2D eigenvalue weighted by Crippen LogP contribution is 2.46. The minimum atomic E-state index is -1.06. The number of amides is 2. The second-order valence-electron chi connectivity index (χ2n) is 7.62. The fourth-order valence-electron chi connectivity index (χ4n) is 4.21. The van der Waals surface area contributed by atoms with Gasteiger partial charge in [0.1, 0.15) is 11.6 Å². The number of fused-ring (bicyclic) bond motifs is 1. The van der Waals surface area contributed by atoms with E-state index in [9.17, 15) is 18.4 Å². The molecule has 1 aliphatic heterocycles. The van der Waals surface area contributed by atoms with Crippen LogP contribution in [0.1, 0.15) is 33.4 Å². The lowest BCUT2D eigenvalue weighted by Gasteiger charge is -2.40. The lowest BCUT2D eigenvalue weighted by molar-refractivity contribution is -0.119. The van der Waals surface area contributed by atoms with Crippen LogP contribution in [0, 0.1) is 11.6 Å². The standard InChI is InChI=1S/C25H22F2N2O4/c1-29-23(14-8-4-5-9-17(14)26)22(24(30)28-19-11-7-6-10-18(19)27)15-12-20(32-2)21(33-3)13-16(15)25(29)31/h4-13,22-23H,1-3H3,(H,28,30)/t22-,23-/m1/s1. The average molecular weight is 452 g/mol. The third kappa shape index (κ3) is 3.88. The van der Waals surface area contributed by atoms with Crippen LogP contribution >= 0.6 is 0 Å². The van der Waals surface area contributed by atoms with Crippen molar-refractivity contribution in [2.45, 2.75) is 12.0 Å². The van der Waals surface area contributed by atoms with Crippen LogP contribution in [0.2, 0.25) is 0 Å². The Labute approximate surface area is 189 Å². The molecule has 3 aromatic rings. The van der Waals surface area contributed by atoms with Crippen molar-refractivity contribution in [3.8, 4) is 11.5 Å². The first-order valence-electron chi connectivity index (χ1n) is 10.2. The van der Waals surface area contributed by atoms with Crippen molar-refractivity contribution in [1.29, 1.82) is 0 Å². The van der Waals surface area contributed by atoms with Crippen molar-refractivity contribution in [2.24, 2.45) is 0 Å². The van der Waals surface area contributed by atoms with E-state index >= 15 is 0 Å². The molecule has 0 aliphatic carbocycles. The van der Waals surface area contributed by atoms with Gasteiger partial charge >= 0.3 is 0 Å². The zero-order valence-corrected chi connectivity index (χ0v) is 18.3. The third-order valence-corrected chi connectivity index (χ3v) is 5.81. The summed E-state index contributed by atoms with van der Waals surface area (Å²) >= 11 is 0. The van der Waals surface area contributed by atoms with Gasteiger partial charge in [-0.25, -0.2) is 8.78 Å². The minimum absolute atomic E-state index is 0.0173. The summed E-state index contributed by atoms with van der Waals surface area (Å²) in [6, 6.07) is 13.8. The van der Waals surface area contributed by atoms with E-state index in [-0.39, 0.29) is 16.8 Å². The van der Waals surface area contributed by atoms with E-state index in [0.717, 1.165) is 0 Å². The number of hydrogen-bond donors (Lipinski definition) is 1. The van der Waals surface area contributed by atoms with Crippen LogP contribution in [-0.2, 0) is 4.79 Å². The van der Waals surface area contributed by atoms with Gasteiger partial charge in [0.05, 0.1) is 31.9 Å². The molecule has 2 amide bonds. The Balaban J connectivity index is 1.92. The van der Waals surface area contributed by atoms with Crippen molar-refractivity contribution >= 4 is 17.5 Å². The number of likely N-dealkylation sites (N-methyl/N-ethyl adjacent to an activating group) is 1. The van der Waals surface area contributed by atoms with Crippen molar-refractivity contribution < 1.29 is 27.8 Å². The van der Waals surface area contributed by atoms with E-state index < -0.39 is 35.4 Å². The topological polar surface area (TPSA) is 67.9 Å². The Kier molecular flexibility index (Phi) is 6.00. The molecule has 0 saturated carbocycles. The number of nitrogens with zero attached hydrogens (tertiary/aromatic N) is 1. The predicted molar refractivity (Wildman–Crippen MR) is 119 cm³/mol. The molecule has 0 saturated heterocycles. The van der Waals surface area contributed by atoms with E-state index in [1.165, 1.54) is 68.6 Å². The molecule has 33 heavy (non-hydrogen) atoms. The molecule has 8 heteroatoms. The smallest absolute Gasteiger partial charge is 0.254 e. The van der Waals surface area contributed by atoms with Crippen molar-refractivity contribution in [1.82, 2.24) is 4.90 Å². The number of para-hydroxylation sites is 1. The van der Waals surface area contributed by atoms with Crippen molar-refractivity contribution in [2.75, 3.05) is 26.6 Å². The summed E-state index contributed by atoms with van der Waals surface area (Å²) in [4.78, 5) is 28.2. The molecule has 2 atom stereocenters. The predicted octanol–water partition coefficient (Wildman–Crippen LogP) is 4.53. The lowest BCUT2D eigenvalue weighted by Crippen LogP contribution is -2.44. The monoisotopic (exact) mass is 452 g/mol. The number of rotatable bonds is 5. The summed E-state index contributed by atoms with van der Waals surface area (Å²) in [5, 5.41) is 2.60. The Bertz CT molecular complexity index is 1230. The molecule has 0 fully saturated rings. The van der Waals surface area contributed by atoms with Gasteiger partial charge in [0, 0.05) is 18.2 Å². The van der Waals surface area contributed by atoms with E-state index in [2.05, 4.69) is 5.32 Å². The molecule has 0 bridgehead atoms. The van der Waals surface area contributed by atoms with Crippen LogP contribution in [0.3, 0.4) is 0 Å². The SMILES string of the molecule is COc1cc2c(cc1OC)[C@@H](C(=O)Nc1ccccc1F)[C@@H](c1ccccc1F)N(C)C2=O. The fraction of sp³-hybridized carbons (Fsp3) is 0.200. The summed E-state index contributed by atoms with van der Waals surface area (Å²) in [6.45, 7) is 0. The van der Waals surface area contributed by atoms with Gasteiger partial charge in [0.2, 0.25) is 5.91 Å². The molecule has 6 nitrogen and oxygen atoms in total. The summed E-state index contributed by atoms with van der Waals surface area (Å²) in [6.07, 6.45) is 0. The molecule has 4 rings (SSSR count). The number of halogens is 2. The van der Waals surface area contributed by atoms with Gasteiger partial charge in [-0.05, 0) is 35.9 Å². The highest BCUT2D eigenvalue weighted by molar-refractivity contribution is 6.05. The molecule has 1 N–H and O–H groups in total. The number of benzene rings is 3. The average Bonchev–Trinajstić information content (AvgIpc) is 2.82. The largest absolute Gasteiger partial charge is 0.493 e. The maximum atomic E-state index is 14.9. The molecule has 0 aromatic heterocycles. The summed E-state index contributed by atoms with van der Waals surface area (Å²) in [5.74, 6) is -2.61. The van der Waals surface area contributed by atoms with Crippen LogP contribution in [0.4, 0.5) is 14.5 Å². The molecule has 170 valence electrons. The zero-order chi connectivity index (χ0) is 23.7. The second-order valence-corrected chi connectivity index (χ2v) is 7.62. The highest BCUT2D eigenvalue weighted by atomic mass is 19.1. The third-order valence-electron chi connectivity index (χ3n) is 5.81. The number of hydrogen-bond acceptors (Lipinski definition) is 4. The number of methoxy groups -OCH3 is 2. The zero-order valence-electron chi connectivity index (χ0n) is 18.3. The van der Waals surface area contributed by atoms with E-state index in [0.29, 0.717) is 17.1 Å². The van der Waals surface area contributed by atoms with Gasteiger partial charge in [-0.15, -0.1) is 0 Å². The van der Waals surface area contributed by atoms with Gasteiger partial charge in [0.15, 0.2) is 11.5 Å². The van der Waals surface area contributed by atoms with Crippen LogP contribution in [-0.4, -0.2) is 38.0 Å². The molecule has 0 radical (unpaired) electrons. The van der Waals surface area contributed by atoms with E-state index in [1.54, 1.807) is 18.2 Å². The highest BCUT2D eigenvalue weighted by Gasteiger charge is 2.44. The summed E-state index contributed by atoms with van der Waals surface area (Å²) in [5.41, 5.74) is 0.702. The van der Waals surface area contributed by atoms with Crippen LogP contribution in [0.25, 0.3) is 0 Å². The first-order valence-corrected chi connectivity index (χ1v) is 10.2. The number of nitrogens with one attached hydrogen (secondary N) is 1. The number of ether oxygens (including phenoxy) is 2. The van der Waals surface area contributed by atoms with Gasteiger partial charge in [-0.3, -0.25) is 9.59 Å². The normalized spacial score (nSPS) is 17.4.